The largest absolute Gasteiger partial charge is 0.508 e. The summed E-state index contributed by atoms with van der Waals surface area (Å²) in [5, 5.41) is 9.74. The molecular weight excluding hydrogens is 256 g/mol. The van der Waals surface area contributed by atoms with Crippen LogP contribution in [-0.4, -0.2) is 10.9 Å². The number of carbonyl (C=O) groups excluding carboxylic acids is 1. The molecule has 1 rings (SSSR count). The number of hydrogen-bond donors (Lipinski definition) is 1. The van der Waals surface area contributed by atoms with Crippen LogP contribution in [0.15, 0.2) is 16.6 Å². The zero-order valence-corrected chi connectivity index (χ0v) is 10.8. The second kappa shape index (κ2) is 4.79. The van der Waals surface area contributed by atoms with E-state index < -0.39 is 0 Å². The van der Waals surface area contributed by atoms with Crippen molar-refractivity contribution in [1.29, 1.82) is 0 Å². The van der Waals surface area contributed by atoms with Crippen molar-refractivity contribution in [3.8, 4) is 5.75 Å². The average molecular weight is 271 g/mol. The molecule has 0 saturated carbocycles. The molecule has 0 aliphatic heterocycles. The topological polar surface area (TPSA) is 37.3 Å². The van der Waals surface area contributed by atoms with Crippen LogP contribution in [0.4, 0.5) is 0 Å². The van der Waals surface area contributed by atoms with Gasteiger partial charge in [-0.2, -0.15) is 0 Å². The minimum atomic E-state index is 0.0505. The van der Waals surface area contributed by atoms with Crippen molar-refractivity contribution < 1.29 is 9.90 Å². The SMILES string of the molecule is CC(=O)Cc1cc(Br)c(C(C)C)cc1O. The van der Waals surface area contributed by atoms with Crippen molar-refractivity contribution in [3.05, 3.63) is 27.7 Å². The summed E-state index contributed by atoms with van der Waals surface area (Å²) < 4.78 is 0.951. The van der Waals surface area contributed by atoms with Crippen molar-refractivity contribution >= 4 is 21.7 Å². The van der Waals surface area contributed by atoms with Crippen LogP contribution in [0.1, 0.15) is 37.8 Å². The molecule has 0 aromatic heterocycles. The Morgan fingerprint density at radius 1 is 1.47 bits per heavy atom. The maximum Gasteiger partial charge on any atom is 0.134 e. The van der Waals surface area contributed by atoms with E-state index in [0.717, 1.165) is 10.0 Å². The molecule has 1 aromatic carbocycles. The number of ketones is 1. The Balaban J connectivity index is 3.13. The first kappa shape index (κ1) is 12.2. The summed E-state index contributed by atoms with van der Waals surface area (Å²) in [6.07, 6.45) is 0.281. The standard InChI is InChI=1S/C12H15BrO2/c1-7(2)10-6-12(15)9(4-8(3)14)5-11(10)13/h5-7,15H,4H2,1-3H3. The van der Waals surface area contributed by atoms with E-state index in [4.69, 9.17) is 0 Å². The number of Topliss-reactive ketones (excluding diaryl/α,β-unsaturated/α-hetero) is 1. The van der Waals surface area contributed by atoms with Crippen LogP contribution in [0.2, 0.25) is 0 Å². The molecule has 0 unspecified atom stereocenters. The quantitative estimate of drug-likeness (QED) is 0.914. The number of halogens is 1. The second-order valence-electron chi connectivity index (χ2n) is 4.04. The molecule has 0 spiro atoms. The van der Waals surface area contributed by atoms with Gasteiger partial charge < -0.3 is 5.11 Å². The van der Waals surface area contributed by atoms with E-state index in [-0.39, 0.29) is 18.0 Å². The van der Waals surface area contributed by atoms with Gasteiger partial charge in [-0.25, -0.2) is 0 Å². The summed E-state index contributed by atoms with van der Waals surface area (Å²) in [5.41, 5.74) is 1.73. The van der Waals surface area contributed by atoms with Gasteiger partial charge >= 0.3 is 0 Å². The first-order chi connectivity index (χ1) is 6.91. The van der Waals surface area contributed by atoms with Crippen LogP contribution in [0.5, 0.6) is 5.75 Å². The van der Waals surface area contributed by atoms with Crippen molar-refractivity contribution in [2.24, 2.45) is 0 Å². The lowest BCUT2D eigenvalue weighted by molar-refractivity contribution is -0.116. The van der Waals surface area contributed by atoms with Crippen molar-refractivity contribution in [2.75, 3.05) is 0 Å². The third-order valence-corrected chi connectivity index (χ3v) is 2.95. The van der Waals surface area contributed by atoms with Gasteiger partial charge in [0.2, 0.25) is 0 Å². The predicted octanol–water partition coefficient (Wildman–Crippen LogP) is 3.41. The first-order valence-electron chi connectivity index (χ1n) is 4.92. The molecule has 1 N–H and O–H groups in total. The van der Waals surface area contributed by atoms with E-state index in [0.29, 0.717) is 11.5 Å². The summed E-state index contributed by atoms with van der Waals surface area (Å²) in [4.78, 5) is 11.0. The normalized spacial score (nSPS) is 10.7. The van der Waals surface area contributed by atoms with Crippen LogP contribution >= 0.6 is 15.9 Å². The summed E-state index contributed by atoms with van der Waals surface area (Å²) in [6.45, 7) is 5.64. The van der Waals surface area contributed by atoms with Gasteiger partial charge in [0.05, 0.1) is 0 Å². The molecule has 1 aromatic rings. The summed E-state index contributed by atoms with van der Waals surface area (Å²) >= 11 is 3.45. The Bertz CT molecular complexity index is 383. The highest BCUT2D eigenvalue weighted by molar-refractivity contribution is 9.10. The molecule has 0 fully saturated rings. The molecule has 2 nitrogen and oxygen atoms in total. The summed E-state index contributed by atoms with van der Waals surface area (Å²) in [7, 11) is 0. The molecule has 3 heteroatoms. The molecule has 82 valence electrons. The Morgan fingerprint density at radius 2 is 2.07 bits per heavy atom. The fourth-order valence-electron chi connectivity index (χ4n) is 1.47. The van der Waals surface area contributed by atoms with Gasteiger partial charge in [-0.15, -0.1) is 0 Å². The molecule has 15 heavy (non-hydrogen) atoms. The monoisotopic (exact) mass is 270 g/mol. The molecule has 0 amide bonds. The Labute approximate surface area is 98.4 Å². The molecule has 0 radical (unpaired) electrons. The highest BCUT2D eigenvalue weighted by Crippen LogP contribution is 2.31. The number of carbonyl (C=O) groups is 1. The predicted molar refractivity (Wildman–Crippen MR) is 64.3 cm³/mol. The lowest BCUT2D eigenvalue weighted by Gasteiger charge is -2.11. The second-order valence-corrected chi connectivity index (χ2v) is 4.89. The number of hydrogen-bond acceptors (Lipinski definition) is 2. The zero-order chi connectivity index (χ0) is 11.6. The summed E-state index contributed by atoms with van der Waals surface area (Å²) in [5.74, 6) is 0.600. The number of phenolic OH excluding ortho intramolecular Hbond substituents is 1. The fraction of sp³-hybridized carbons (Fsp3) is 0.417. The third kappa shape index (κ3) is 3.06. The molecule has 0 aliphatic carbocycles. The molecule has 0 saturated heterocycles. The van der Waals surface area contributed by atoms with Gasteiger partial charge in [0, 0.05) is 16.5 Å². The number of benzene rings is 1. The van der Waals surface area contributed by atoms with Gasteiger partial charge in [0.15, 0.2) is 0 Å². The van der Waals surface area contributed by atoms with Gasteiger partial charge in [-0.1, -0.05) is 29.8 Å². The maximum absolute atomic E-state index is 11.0. The van der Waals surface area contributed by atoms with Gasteiger partial charge in [0.25, 0.3) is 0 Å². The van der Waals surface area contributed by atoms with Crippen LogP contribution in [0.3, 0.4) is 0 Å². The van der Waals surface area contributed by atoms with Crippen molar-refractivity contribution in [2.45, 2.75) is 33.1 Å². The van der Waals surface area contributed by atoms with Gasteiger partial charge in [0.1, 0.15) is 11.5 Å². The fourth-order valence-corrected chi connectivity index (χ4v) is 2.32. The zero-order valence-electron chi connectivity index (χ0n) is 9.17. The Hall–Kier alpha value is -0.830. The van der Waals surface area contributed by atoms with Crippen LogP contribution in [-0.2, 0) is 11.2 Å². The number of rotatable bonds is 3. The van der Waals surface area contributed by atoms with E-state index in [1.54, 1.807) is 6.07 Å². The van der Waals surface area contributed by atoms with E-state index >= 15 is 0 Å². The number of phenols is 1. The van der Waals surface area contributed by atoms with Crippen LogP contribution in [0, 0.1) is 0 Å². The van der Waals surface area contributed by atoms with E-state index in [1.165, 1.54) is 6.92 Å². The minimum Gasteiger partial charge on any atom is -0.508 e. The lowest BCUT2D eigenvalue weighted by atomic mass is 9.99. The van der Waals surface area contributed by atoms with Crippen molar-refractivity contribution in [1.82, 2.24) is 0 Å². The average Bonchev–Trinajstić information content (AvgIpc) is 2.09. The number of aromatic hydroxyl groups is 1. The van der Waals surface area contributed by atoms with E-state index in [1.807, 2.05) is 6.07 Å². The Morgan fingerprint density at radius 3 is 2.53 bits per heavy atom. The molecule has 0 aliphatic rings. The third-order valence-electron chi connectivity index (χ3n) is 2.26. The lowest BCUT2D eigenvalue weighted by Crippen LogP contribution is -1.99. The first-order valence-corrected chi connectivity index (χ1v) is 5.71. The smallest absolute Gasteiger partial charge is 0.134 e. The van der Waals surface area contributed by atoms with E-state index in [9.17, 15) is 9.90 Å². The Kier molecular flexibility index (Phi) is 3.91. The molecule has 0 bridgehead atoms. The van der Waals surface area contributed by atoms with E-state index in [2.05, 4.69) is 29.8 Å². The molecular formula is C12H15BrO2. The molecule has 0 atom stereocenters. The highest BCUT2D eigenvalue weighted by Gasteiger charge is 2.11. The van der Waals surface area contributed by atoms with Crippen molar-refractivity contribution in [3.63, 3.8) is 0 Å². The highest BCUT2D eigenvalue weighted by atomic mass is 79.9. The molecule has 0 heterocycles. The maximum atomic E-state index is 11.0. The van der Waals surface area contributed by atoms with Gasteiger partial charge in [-0.3, -0.25) is 4.79 Å². The van der Waals surface area contributed by atoms with Gasteiger partial charge in [-0.05, 0) is 30.5 Å². The minimum absolute atomic E-state index is 0.0505. The van der Waals surface area contributed by atoms with Crippen LogP contribution < -0.4 is 0 Å². The van der Waals surface area contributed by atoms with Crippen LogP contribution in [0.25, 0.3) is 0 Å². The summed E-state index contributed by atoms with van der Waals surface area (Å²) in [6, 6.07) is 3.55.